The number of ether oxygens (including phenoxy) is 3. The van der Waals surface area contributed by atoms with Crippen molar-refractivity contribution >= 4 is 19.8 Å². The van der Waals surface area contributed by atoms with Crippen molar-refractivity contribution in [3.8, 4) is 0 Å². The number of rotatable bonds is 39. The second-order valence-electron chi connectivity index (χ2n) is 15.8. The Labute approximate surface area is 372 Å². The molecule has 1 aliphatic heterocycles. The van der Waals surface area contributed by atoms with Crippen LogP contribution in [-0.4, -0.2) is 107 Å². The molecule has 0 aliphatic carbocycles. The predicted octanol–water partition coefficient (Wildman–Crippen LogP) is 8.37. The van der Waals surface area contributed by atoms with Gasteiger partial charge in [-0.3, -0.25) is 18.6 Å². The van der Waals surface area contributed by atoms with Crippen molar-refractivity contribution in [2.45, 2.75) is 185 Å². The van der Waals surface area contributed by atoms with Crippen molar-refractivity contribution in [2.75, 3.05) is 39.5 Å². The minimum Gasteiger partial charge on any atom is -0.462 e. The molecule has 1 rings (SSSR count). The molecule has 1 fully saturated rings. The number of aliphatic hydroxyl groups excluding tert-OH is 3. The number of esters is 2. The third-order valence-electron chi connectivity index (χ3n) is 10.1. The number of hydrogen-bond donors (Lipinski definition) is 6. The first-order valence-electron chi connectivity index (χ1n) is 23.3. The molecule has 1 heterocycles. The van der Waals surface area contributed by atoms with Gasteiger partial charge in [0, 0.05) is 19.4 Å². The summed E-state index contributed by atoms with van der Waals surface area (Å²) in [4.78, 5) is 35.6. The van der Waals surface area contributed by atoms with Crippen LogP contribution in [0.3, 0.4) is 0 Å². The van der Waals surface area contributed by atoms with Crippen molar-refractivity contribution in [1.82, 2.24) is 5.32 Å². The van der Waals surface area contributed by atoms with Crippen LogP contribution in [0.2, 0.25) is 0 Å². The lowest BCUT2D eigenvalue weighted by molar-refractivity contribution is -0.317. The lowest BCUT2D eigenvalue weighted by atomic mass is 9.97. The highest BCUT2D eigenvalue weighted by molar-refractivity contribution is 7.47. The van der Waals surface area contributed by atoms with Crippen LogP contribution < -0.4 is 5.32 Å². The predicted molar refractivity (Wildman–Crippen MR) is 243 cm³/mol. The van der Waals surface area contributed by atoms with Crippen molar-refractivity contribution in [3.63, 3.8) is 0 Å². The molecule has 0 aromatic rings. The number of hydrogen-bond acceptors (Lipinski definition) is 13. The molecule has 0 spiro atoms. The van der Waals surface area contributed by atoms with Crippen molar-refractivity contribution in [2.24, 2.45) is 0 Å². The monoisotopic (exact) mass is 900 g/mol. The fourth-order valence-electron chi connectivity index (χ4n) is 6.40. The highest BCUT2D eigenvalue weighted by Gasteiger charge is 2.48. The summed E-state index contributed by atoms with van der Waals surface area (Å²) in [6.45, 7) is 2.15. The van der Waals surface area contributed by atoms with E-state index in [2.05, 4.69) is 67.8 Å². The van der Waals surface area contributed by atoms with Crippen LogP contribution in [0.5, 0.6) is 0 Å². The molecule has 6 N–H and O–H groups in total. The van der Waals surface area contributed by atoms with Gasteiger partial charge in [-0.1, -0.05) is 152 Å². The van der Waals surface area contributed by atoms with E-state index in [1.165, 1.54) is 57.8 Å². The first-order chi connectivity index (χ1) is 29.9. The maximum absolute atomic E-state index is 12.7. The molecule has 0 radical (unpaired) electrons. The summed E-state index contributed by atoms with van der Waals surface area (Å²) in [5, 5.41) is 42.6. The van der Waals surface area contributed by atoms with Crippen molar-refractivity contribution in [1.29, 1.82) is 0 Å². The molecule has 1 unspecified atom stereocenters. The van der Waals surface area contributed by atoms with E-state index < -0.39 is 63.2 Å². The minimum atomic E-state index is -4.67. The highest BCUT2D eigenvalue weighted by atomic mass is 31.2. The molecule has 0 aromatic carbocycles. The number of allylic oxidation sites excluding steroid dienone is 10. The summed E-state index contributed by atoms with van der Waals surface area (Å²) in [5.74, 6) is -3.23. The van der Waals surface area contributed by atoms with Crippen LogP contribution in [0, 0.1) is 0 Å². The average molecular weight is 900 g/mol. The number of carbonyl (C=O) groups excluding carboxylic acids is 2. The smallest absolute Gasteiger partial charge is 0.462 e. The van der Waals surface area contributed by atoms with Gasteiger partial charge in [0.15, 0.2) is 6.10 Å². The fourth-order valence-corrected chi connectivity index (χ4v) is 7.15. The van der Waals surface area contributed by atoms with E-state index in [1.807, 2.05) is 12.2 Å². The summed E-state index contributed by atoms with van der Waals surface area (Å²) in [6.07, 6.45) is 36.6. The molecule has 0 saturated carbocycles. The van der Waals surface area contributed by atoms with Gasteiger partial charge >= 0.3 is 19.8 Å². The number of aliphatic hydroxyl groups is 4. The van der Waals surface area contributed by atoms with Crippen LogP contribution >= 0.6 is 7.82 Å². The van der Waals surface area contributed by atoms with Gasteiger partial charge in [-0.05, 0) is 51.4 Å². The number of unbranched alkanes of at least 4 members (excludes halogenated alkanes) is 13. The van der Waals surface area contributed by atoms with Gasteiger partial charge in [-0.25, -0.2) is 4.57 Å². The maximum Gasteiger partial charge on any atom is 0.472 e. The zero-order valence-electron chi connectivity index (χ0n) is 37.8. The summed E-state index contributed by atoms with van der Waals surface area (Å²) in [6, 6.07) is 0. The zero-order valence-corrected chi connectivity index (χ0v) is 38.7. The topological polar surface area (TPSA) is 211 Å². The van der Waals surface area contributed by atoms with Crippen LogP contribution in [0.4, 0.5) is 0 Å². The first kappa shape index (κ1) is 57.5. The van der Waals surface area contributed by atoms with E-state index >= 15 is 0 Å². The van der Waals surface area contributed by atoms with Crippen LogP contribution in [0.25, 0.3) is 0 Å². The molecule has 0 amide bonds. The molecule has 1 saturated heterocycles. The Bertz CT molecular complexity index is 1340. The van der Waals surface area contributed by atoms with E-state index in [0.29, 0.717) is 19.3 Å². The molecule has 358 valence electrons. The summed E-state index contributed by atoms with van der Waals surface area (Å²) in [5.41, 5.74) is 0. The standard InChI is InChI=1S/C47H82NO13P/c1-3-5-7-9-11-13-15-17-18-19-20-22-24-26-28-30-32-34-44(51)61-41(37-57-43(50)33-31-29-27-25-23-21-16-14-12-10-8-6-4-2)38-60-62(55,56)59-36-35-48-40-47(54)46(53)45(52)42(49)39-58-47/h5,7,11,13,17-18,20,22,26,28,41-42,45-46,48-49,52-54H,3-4,6,8-10,12,14-16,19,21,23-25,27,29-40H2,1-2H3,(H,55,56)/b7-5-,13-11-,18-17-,22-20-,28-26-/t41-,42-,45-,46+,47-/m1/s1. The third-order valence-corrected chi connectivity index (χ3v) is 11.1. The molecule has 15 heteroatoms. The van der Waals surface area contributed by atoms with Crippen molar-refractivity contribution in [3.05, 3.63) is 60.8 Å². The van der Waals surface area contributed by atoms with E-state index in [-0.39, 0.29) is 39.1 Å². The minimum absolute atomic E-state index is 0.0808. The van der Waals surface area contributed by atoms with Crippen LogP contribution in [0.15, 0.2) is 60.8 Å². The first-order valence-corrected chi connectivity index (χ1v) is 24.8. The number of phosphoric acid groups is 1. The number of nitrogens with one attached hydrogen (secondary N) is 1. The quantitative estimate of drug-likeness (QED) is 0.0148. The Hall–Kier alpha value is -2.49. The lowest BCUT2D eigenvalue weighted by Gasteiger charge is -2.41. The summed E-state index contributed by atoms with van der Waals surface area (Å²) >= 11 is 0. The second kappa shape index (κ2) is 37.8. The van der Waals surface area contributed by atoms with Gasteiger partial charge in [0.25, 0.3) is 0 Å². The molecular formula is C47H82NO13P. The Morgan fingerprint density at radius 2 is 1.23 bits per heavy atom. The molecule has 0 aromatic heterocycles. The molecule has 6 atom stereocenters. The number of phosphoric ester groups is 1. The molecule has 14 nitrogen and oxygen atoms in total. The van der Waals surface area contributed by atoms with Gasteiger partial charge < -0.3 is 44.8 Å². The molecule has 62 heavy (non-hydrogen) atoms. The molecular weight excluding hydrogens is 817 g/mol. The Morgan fingerprint density at radius 1 is 0.710 bits per heavy atom. The average Bonchev–Trinajstić information content (AvgIpc) is 3.25. The largest absolute Gasteiger partial charge is 0.472 e. The normalized spacial score (nSPS) is 21.2. The second-order valence-corrected chi connectivity index (χ2v) is 17.3. The van der Waals surface area contributed by atoms with Gasteiger partial charge in [0.05, 0.1) is 26.4 Å². The Morgan fingerprint density at radius 3 is 1.79 bits per heavy atom. The summed E-state index contributed by atoms with van der Waals surface area (Å²) in [7, 11) is -4.67. The van der Waals surface area contributed by atoms with Gasteiger partial charge in [0.2, 0.25) is 5.79 Å². The molecule has 1 aliphatic rings. The van der Waals surface area contributed by atoms with Gasteiger partial charge in [0.1, 0.15) is 24.9 Å². The van der Waals surface area contributed by atoms with Gasteiger partial charge in [-0.2, -0.15) is 0 Å². The van der Waals surface area contributed by atoms with Crippen molar-refractivity contribution < 1.29 is 62.7 Å². The van der Waals surface area contributed by atoms with Crippen LogP contribution in [-0.2, 0) is 37.4 Å². The lowest BCUT2D eigenvalue weighted by Crippen LogP contribution is -2.64. The van der Waals surface area contributed by atoms with E-state index in [9.17, 15) is 39.5 Å². The van der Waals surface area contributed by atoms with E-state index in [0.717, 1.165) is 51.4 Å². The maximum atomic E-state index is 12.7. The zero-order chi connectivity index (χ0) is 45.6. The van der Waals surface area contributed by atoms with Gasteiger partial charge in [-0.15, -0.1) is 0 Å². The molecule has 0 bridgehead atoms. The Kier molecular flexibility index (Phi) is 35.1. The van der Waals surface area contributed by atoms with E-state index in [1.54, 1.807) is 0 Å². The highest BCUT2D eigenvalue weighted by Crippen LogP contribution is 2.43. The van der Waals surface area contributed by atoms with E-state index in [4.69, 9.17) is 23.3 Å². The Balaban J connectivity index is 2.47. The fraction of sp³-hybridized carbons (Fsp3) is 0.745. The SMILES string of the molecule is CC/C=C\C/C=C\C/C=C\C/C=C\C/C=C\CCCC(=O)O[C@H](COC(=O)CCCCCCCCCCCCCCC)COP(=O)(O)OCCNC[C@@]1(O)OC[C@@H](O)[C@@H](O)[C@@H]1O. The number of carbonyl (C=O) groups is 2. The third kappa shape index (κ3) is 31.4. The van der Waals surface area contributed by atoms with Crippen LogP contribution in [0.1, 0.15) is 155 Å². The summed E-state index contributed by atoms with van der Waals surface area (Å²) < 4.78 is 38.7.